The quantitative estimate of drug-likeness (QED) is 0.734. The smallest absolute Gasteiger partial charge is 0.137 e. The fraction of sp³-hybridized carbons (Fsp3) is 0.381. The molecule has 134 valence electrons. The Hall–Kier alpha value is -2.24. The molecule has 4 nitrogen and oxygen atoms in total. The van der Waals surface area contributed by atoms with Gasteiger partial charge in [0, 0.05) is 35.9 Å². The fourth-order valence-electron chi connectivity index (χ4n) is 4.21. The molecule has 3 aromatic rings. The molecular formula is C21H22FN3O. The molecule has 2 aliphatic heterocycles. The molecule has 1 aromatic carbocycles. The number of halogens is 1. The maximum Gasteiger partial charge on any atom is 0.137 e. The number of nitrogens with zero attached hydrogens (tertiary/aromatic N) is 1. The van der Waals surface area contributed by atoms with Crippen LogP contribution in [0.3, 0.4) is 0 Å². The van der Waals surface area contributed by atoms with Crippen LogP contribution in [0.5, 0.6) is 0 Å². The van der Waals surface area contributed by atoms with Gasteiger partial charge in [-0.15, -0.1) is 0 Å². The van der Waals surface area contributed by atoms with E-state index in [-0.39, 0.29) is 6.04 Å². The van der Waals surface area contributed by atoms with Gasteiger partial charge in [0.1, 0.15) is 11.8 Å². The highest BCUT2D eigenvalue weighted by molar-refractivity contribution is 5.84. The third kappa shape index (κ3) is 2.63. The van der Waals surface area contributed by atoms with E-state index in [1.165, 1.54) is 22.3 Å². The Labute approximate surface area is 151 Å². The number of benzene rings is 1. The van der Waals surface area contributed by atoms with Crippen LogP contribution in [0, 0.1) is 6.92 Å². The van der Waals surface area contributed by atoms with E-state index < -0.39 is 6.17 Å². The van der Waals surface area contributed by atoms with Crippen molar-refractivity contribution < 1.29 is 9.13 Å². The first-order valence-corrected chi connectivity index (χ1v) is 9.24. The summed E-state index contributed by atoms with van der Waals surface area (Å²) < 4.78 is 19.5. The van der Waals surface area contributed by atoms with Crippen LogP contribution in [-0.4, -0.2) is 29.3 Å². The third-order valence-corrected chi connectivity index (χ3v) is 5.66. The average molecular weight is 351 g/mol. The first kappa shape index (κ1) is 16.0. The van der Waals surface area contributed by atoms with Crippen molar-refractivity contribution >= 4 is 11.0 Å². The van der Waals surface area contributed by atoms with Crippen LogP contribution in [0.4, 0.5) is 4.39 Å². The second-order valence-electron chi connectivity index (χ2n) is 7.39. The number of aromatic amines is 1. The fourth-order valence-corrected chi connectivity index (χ4v) is 4.21. The van der Waals surface area contributed by atoms with Crippen LogP contribution >= 0.6 is 0 Å². The summed E-state index contributed by atoms with van der Waals surface area (Å²) in [6.45, 7) is 3.88. The van der Waals surface area contributed by atoms with Gasteiger partial charge < -0.3 is 15.0 Å². The summed E-state index contributed by atoms with van der Waals surface area (Å²) in [5, 5.41) is 4.48. The van der Waals surface area contributed by atoms with Gasteiger partial charge in [-0.2, -0.15) is 0 Å². The van der Waals surface area contributed by atoms with E-state index in [2.05, 4.69) is 40.4 Å². The Morgan fingerprint density at radius 1 is 1.23 bits per heavy atom. The van der Waals surface area contributed by atoms with Gasteiger partial charge in [-0.05, 0) is 59.7 Å². The number of nitrogens with one attached hydrogen (secondary N) is 2. The second-order valence-corrected chi connectivity index (χ2v) is 7.39. The van der Waals surface area contributed by atoms with Gasteiger partial charge in [-0.3, -0.25) is 0 Å². The van der Waals surface area contributed by atoms with Gasteiger partial charge in [-0.1, -0.05) is 6.07 Å². The molecule has 5 heteroatoms. The van der Waals surface area contributed by atoms with Gasteiger partial charge in [-0.25, -0.2) is 9.37 Å². The highest BCUT2D eigenvalue weighted by Crippen LogP contribution is 2.36. The Kier molecular flexibility index (Phi) is 3.80. The zero-order chi connectivity index (χ0) is 17.7. The molecule has 4 heterocycles. The number of ether oxygens (including phenoxy) is 1. The number of hydrogen-bond acceptors (Lipinski definition) is 3. The standard InChI is InChI=1S/C21H22FN3O/c1-12-8-24-21-17(12)6-15(9-25-21)14-4-13-2-3-26-11-19(13)18(5-14)20-7-16(22)10-23-20/h4-6,8-9,16,20,23H,2-3,7,10-11H2,1H3,(H,24,25)/t16?,20-/m0/s1. The van der Waals surface area contributed by atoms with Crippen molar-refractivity contribution in [3.63, 3.8) is 0 Å². The highest BCUT2D eigenvalue weighted by atomic mass is 19.1. The predicted octanol–water partition coefficient (Wildman–Crippen LogP) is 3.98. The molecular weight excluding hydrogens is 329 g/mol. The molecule has 0 spiro atoms. The molecule has 26 heavy (non-hydrogen) atoms. The predicted molar refractivity (Wildman–Crippen MR) is 99.9 cm³/mol. The highest BCUT2D eigenvalue weighted by Gasteiger charge is 2.29. The van der Waals surface area contributed by atoms with E-state index in [0.29, 0.717) is 19.6 Å². The first-order valence-electron chi connectivity index (χ1n) is 9.24. The summed E-state index contributed by atoms with van der Waals surface area (Å²) in [6.07, 6.45) is 4.57. The van der Waals surface area contributed by atoms with Gasteiger partial charge in [0.05, 0.1) is 13.2 Å². The summed E-state index contributed by atoms with van der Waals surface area (Å²) in [5.41, 5.74) is 8.10. The summed E-state index contributed by atoms with van der Waals surface area (Å²) >= 11 is 0. The molecule has 0 radical (unpaired) electrons. The molecule has 0 amide bonds. The van der Waals surface area contributed by atoms with Gasteiger partial charge in [0.25, 0.3) is 0 Å². The van der Waals surface area contributed by atoms with Crippen LogP contribution in [-0.2, 0) is 17.8 Å². The number of aromatic nitrogens is 2. The Morgan fingerprint density at radius 3 is 3.00 bits per heavy atom. The number of hydrogen-bond donors (Lipinski definition) is 2. The van der Waals surface area contributed by atoms with Crippen molar-refractivity contribution in [3.8, 4) is 11.1 Å². The number of alkyl halides is 1. The average Bonchev–Trinajstić information content (AvgIpc) is 3.26. The summed E-state index contributed by atoms with van der Waals surface area (Å²) in [4.78, 5) is 7.77. The topological polar surface area (TPSA) is 49.9 Å². The van der Waals surface area contributed by atoms with Crippen LogP contribution in [0.1, 0.15) is 34.7 Å². The van der Waals surface area contributed by atoms with Crippen molar-refractivity contribution in [2.45, 2.75) is 38.6 Å². The molecule has 2 aliphatic rings. The van der Waals surface area contributed by atoms with Crippen LogP contribution in [0.2, 0.25) is 0 Å². The monoisotopic (exact) mass is 351 g/mol. The van der Waals surface area contributed by atoms with E-state index >= 15 is 0 Å². The van der Waals surface area contributed by atoms with Gasteiger partial charge in [0.15, 0.2) is 0 Å². The number of fused-ring (bicyclic) bond motifs is 2. The minimum atomic E-state index is -0.774. The maximum atomic E-state index is 13.8. The molecule has 2 N–H and O–H groups in total. The van der Waals surface area contributed by atoms with Crippen molar-refractivity contribution in [2.24, 2.45) is 0 Å². The maximum absolute atomic E-state index is 13.8. The molecule has 1 unspecified atom stereocenters. The lowest BCUT2D eigenvalue weighted by molar-refractivity contribution is 0.109. The van der Waals surface area contributed by atoms with E-state index in [0.717, 1.165) is 35.2 Å². The second kappa shape index (κ2) is 6.18. The lowest BCUT2D eigenvalue weighted by Gasteiger charge is -2.24. The Morgan fingerprint density at radius 2 is 2.15 bits per heavy atom. The lowest BCUT2D eigenvalue weighted by Crippen LogP contribution is -2.19. The van der Waals surface area contributed by atoms with E-state index in [1.54, 1.807) is 0 Å². The lowest BCUT2D eigenvalue weighted by atomic mass is 9.88. The minimum Gasteiger partial charge on any atom is -0.376 e. The van der Waals surface area contributed by atoms with E-state index in [4.69, 9.17) is 4.74 Å². The number of aryl methyl sites for hydroxylation is 1. The van der Waals surface area contributed by atoms with Crippen molar-refractivity contribution in [1.29, 1.82) is 0 Å². The van der Waals surface area contributed by atoms with Crippen molar-refractivity contribution in [1.82, 2.24) is 15.3 Å². The van der Waals surface area contributed by atoms with Crippen LogP contribution in [0.15, 0.2) is 30.6 Å². The summed E-state index contributed by atoms with van der Waals surface area (Å²) in [7, 11) is 0. The molecule has 1 fully saturated rings. The summed E-state index contributed by atoms with van der Waals surface area (Å²) in [5.74, 6) is 0. The molecule has 0 saturated carbocycles. The molecule has 0 bridgehead atoms. The normalized spacial score (nSPS) is 22.7. The SMILES string of the molecule is Cc1c[nH]c2ncc(-c3cc4c(c([C@@H]5CC(F)CN5)c3)COCC4)cc12. The van der Waals surface area contributed by atoms with Gasteiger partial charge >= 0.3 is 0 Å². The third-order valence-electron chi connectivity index (χ3n) is 5.66. The molecule has 5 rings (SSSR count). The van der Waals surface area contributed by atoms with E-state index in [1.807, 2.05) is 12.4 Å². The van der Waals surface area contributed by atoms with Crippen molar-refractivity contribution in [3.05, 3.63) is 52.8 Å². The first-order chi connectivity index (χ1) is 12.7. The van der Waals surface area contributed by atoms with Crippen LogP contribution < -0.4 is 5.32 Å². The minimum absolute atomic E-state index is 0.0612. The molecule has 2 atom stereocenters. The van der Waals surface area contributed by atoms with Gasteiger partial charge in [0.2, 0.25) is 0 Å². The van der Waals surface area contributed by atoms with Crippen molar-refractivity contribution in [2.75, 3.05) is 13.2 Å². The largest absolute Gasteiger partial charge is 0.376 e. The number of pyridine rings is 1. The van der Waals surface area contributed by atoms with E-state index in [9.17, 15) is 4.39 Å². The molecule has 2 aromatic heterocycles. The number of rotatable bonds is 2. The van der Waals surface area contributed by atoms with Crippen LogP contribution in [0.25, 0.3) is 22.2 Å². The zero-order valence-corrected chi connectivity index (χ0v) is 14.8. The number of H-pyrrole nitrogens is 1. The zero-order valence-electron chi connectivity index (χ0n) is 14.8. The summed E-state index contributed by atoms with van der Waals surface area (Å²) in [6, 6.07) is 6.72. The molecule has 1 saturated heterocycles. The molecule has 0 aliphatic carbocycles. The Bertz CT molecular complexity index is 981. The Balaban J connectivity index is 1.65.